The van der Waals surface area contributed by atoms with E-state index >= 15 is 0 Å². The van der Waals surface area contributed by atoms with Crippen molar-refractivity contribution in [1.29, 1.82) is 0 Å². The van der Waals surface area contributed by atoms with Crippen molar-refractivity contribution in [2.45, 2.75) is 13.0 Å². The molecule has 2 nitrogen and oxygen atoms in total. The average Bonchev–Trinajstić information content (AvgIpc) is 2.31. The molecular formula is C12H9Cl2NO. The third-order valence-corrected chi connectivity index (χ3v) is 3.46. The van der Waals surface area contributed by atoms with Gasteiger partial charge in [-0.1, -0.05) is 23.2 Å². The maximum atomic E-state index is 6.35. The quantitative estimate of drug-likeness (QED) is 0.716. The van der Waals surface area contributed by atoms with Gasteiger partial charge in [0.25, 0.3) is 0 Å². The van der Waals surface area contributed by atoms with Gasteiger partial charge in [0.2, 0.25) is 0 Å². The van der Waals surface area contributed by atoms with Crippen LogP contribution < -0.4 is 0 Å². The van der Waals surface area contributed by atoms with Gasteiger partial charge in [0.15, 0.2) is 0 Å². The highest BCUT2D eigenvalue weighted by atomic mass is 35.5. The molecule has 0 spiro atoms. The lowest BCUT2D eigenvalue weighted by Gasteiger charge is -2.18. The Morgan fingerprint density at radius 1 is 1.25 bits per heavy atom. The summed E-state index contributed by atoms with van der Waals surface area (Å²) >= 11 is 12.3. The predicted molar refractivity (Wildman–Crippen MR) is 65.1 cm³/mol. The van der Waals surface area contributed by atoms with Crippen LogP contribution in [-0.4, -0.2) is 11.6 Å². The smallest absolute Gasteiger partial charge is 0.0749 e. The number of pyridine rings is 1. The molecule has 0 unspecified atom stereocenters. The molecule has 2 heterocycles. The molecule has 0 atom stereocenters. The minimum absolute atomic E-state index is 0.545. The Morgan fingerprint density at radius 3 is 3.00 bits per heavy atom. The minimum atomic E-state index is 0.545. The molecule has 1 aromatic carbocycles. The van der Waals surface area contributed by atoms with E-state index in [9.17, 15) is 0 Å². The van der Waals surface area contributed by atoms with Gasteiger partial charge in [0.05, 0.1) is 29.4 Å². The number of hydrogen-bond acceptors (Lipinski definition) is 2. The summed E-state index contributed by atoms with van der Waals surface area (Å²) in [6.07, 6.45) is 0.827. The van der Waals surface area contributed by atoms with E-state index in [4.69, 9.17) is 27.9 Å². The zero-order valence-corrected chi connectivity index (χ0v) is 9.98. The molecule has 0 N–H and O–H groups in total. The summed E-state index contributed by atoms with van der Waals surface area (Å²) in [5.41, 5.74) is 2.95. The van der Waals surface area contributed by atoms with Crippen molar-refractivity contribution in [3.63, 3.8) is 0 Å². The number of aromatic nitrogens is 1. The Morgan fingerprint density at radius 2 is 2.12 bits per heavy atom. The minimum Gasteiger partial charge on any atom is -0.376 e. The van der Waals surface area contributed by atoms with Crippen LogP contribution in [0.15, 0.2) is 18.2 Å². The lowest BCUT2D eigenvalue weighted by Crippen LogP contribution is -2.12. The molecule has 0 amide bonds. The van der Waals surface area contributed by atoms with E-state index in [0.29, 0.717) is 11.6 Å². The van der Waals surface area contributed by atoms with Gasteiger partial charge in [-0.05, 0) is 18.2 Å². The first-order chi connectivity index (χ1) is 7.75. The Hall–Kier alpha value is -0.830. The number of nitrogens with zero attached hydrogens (tertiary/aromatic N) is 1. The van der Waals surface area contributed by atoms with E-state index < -0.39 is 0 Å². The summed E-state index contributed by atoms with van der Waals surface area (Å²) < 4.78 is 5.40. The first-order valence-electron chi connectivity index (χ1n) is 5.10. The molecule has 2 aromatic rings. The van der Waals surface area contributed by atoms with Gasteiger partial charge in [0.1, 0.15) is 0 Å². The molecule has 16 heavy (non-hydrogen) atoms. The molecule has 1 aromatic heterocycles. The van der Waals surface area contributed by atoms with E-state index in [0.717, 1.165) is 40.2 Å². The van der Waals surface area contributed by atoms with Crippen molar-refractivity contribution in [3.05, 3.63) is 39.5 Å². The first kappa shape index (κ1) is 10.3. The number of benzene rings is 1. The summed E-state index contributed by atoms with van der Waals surface area (Å²) in [6.45, 7) is 1.26. The summed E-state index contributed by atoms with van der Waals surface area (Å²) in [4.78, 5) is 4.59. The van der Waals surface area contributed by atoms with Crippen LogP contribution in [0.4, 0.5) is 0 Å². The van der Waals surface area contributed by atoms with Crippen LogP contribution in [0.25, 0.3) is 10.9 Å². The Balaban J connectivity index is 2.35. The van der Waals surface area contributed by atoms with Gasteiger partial charge in [-0.2, -0.15) is 0 Å². The van der Waals surface area contributed by atoms with Gasteiger partial charge in [-0.3, -0.25) is 4.98 Å². The molecule has 3 rings (SSSR count). The van der Waals surface area contributed by atoms with Gasteiger partial charge in [-0.15, -0.1) is 0 Å². The first-order valence-corrected chi connectivity index (χ1v) is 5.85. The Labute approximate surface area is 103 Å². The number of rotatable bonds is 0. The van der Waals surface area contributed by atoms with E-state index in [1.807, 2.05) is 18.2 Å². The largest absolute Gasteiger partial charge is 0.376 e. The molecule has 0 bridgehead atoms. The highest BCUT2D eigenvalue weighted by Crippen LogP contribution is 2.32. The molecule has 0 fully saturated rings. The SMILES string of the molecule is Clc1ccc2nc3c(c(Cl)c2c1)COCC3. The second kappa shape index (κ2) is 3.88. The monoisotopic (exact) mass is 253 g/mol. The standard InChI is InChI=1S/C12H9Cl2NO/c13-7-1-2-10-8(5-7)12(14)9-6-16-4-3-11(9)15-10/h1-2,5H,3-4,6H2. The highest BCUT2D eigenvalue weighted by molar-refractivity contribution is 6.37. The van der Waals surface area contributed by atoms with Gasteiger partial charge < -0.3 is 4.74 Å². The number of ether oxygens (including phenoxy) is 1. The van der Waals surface area contributed by atoms with E-state index in [-0.39, 0.29) is 0 Å². The summed E-state index contributed by atoms with van der Waals surface area (Å²) in [6, 6.07) is 5.58. The molecule has 0 aliphatic carbocycles. The van der Waals surface area contributed by atoms with Gasteiger partial charge in [-0.25, -0.2) is 0 Å². The number of halogens is 2. The van der Waals surface area contributed by atoms with Crippen molar-refractivity contribution >= 4 is 34.1 Å². The van der Waals surface area contributed by atoms with E-state index in [1.54, 1.807) is 0 Å². The lowest BCUT2D eigenvalue weighted by atomic mass is 10.1. The van der Waals surface area contributed by atoms with Gasteiger partial charge >= 0.3 is 0 Å². The van der Waals surface area contributed by atoms with Gasteiger partial charge in [0, 0.05) is 22.4 Å². The maximum Gasteiger partial charge on any atom is 0.0749 e. The normalized spacial score (nSPS) is 15.1. The van der Waals surface area contributed by atoms with Crippen LogP contribution in [0.2, 0.25) is 10.0 Å². The summed E-state index contributed by atoms with van der Waals surface area (Å²) in [5, 5.41) is 2.30. The Kier molecular flexibility index (Phi) is 2.51. The number of hydrogen-bond donors (Lipinski definition) is 0. The number of fused-ring (bicyclic) bond motifs is 2. The van der Waals surface area contributed by atoms with Crippen molar-refractivity contribution in [2.75, 3.05) is 6.61 Å². The van der Waals surface area contributed by atoms with Crippen LogP contribution in [-0.2, 0) is 17.8 Å². The zero-order valence-electron chi connectivity index (χ0n) is 8.46. The highest BCUT2D eigenvalue weighted by Gasteiger charge is 2.17. The van der Waals surface area contributed by atoms with Crippen LogP contribution in [0.3, 0.4) is 0 Å². The predicted octanol–water partition coefficient (Wildman–Crippen LogP) is 3.61. The van der Waals surface area contributed by atoms with E-state index in [2.05, 4.69) is 4.98 Å². The fourth-order valence-electron chi connectivity index (χ4n) is 1.98. The maximum absolute atomic E-state index is 6.35. The molecule has 82 valence electrons. The topological polar surface area (TPSA) is 22.1 Å². The summed E-state index contributed by atoms with van der Waals surface area (Å²) in [7, 11) is 0. The molecule has 0 saturated heterocycles. The molecular weight excluding hydrogens is 245 g/mol. The third kappa shape index (κ3) is 1.58. The fourth-order valence-corrected chi connectivity index (χ4v) is 2.47. The molecule has 0 saturated carbocycles. The van der Waals surface area contributed by atoms with E-state index in [1.165, 1.54) is 0 Å². The fraction of sp³-hybridized carbons (Fsp3) is 0.250. The molecule has 0 radical (unpaired) electrons. The van der Waals surface area contributed by atoms with Crippen molar-refractivity contribution in [1.82, 2.24) is 4.98 Å². The van der Waals surface area contributed by atoms with Crippen LogP contribution in [0, 0.1) is 0 Å². The average molecular weight is 254 g/mol. The van der Waals surface area contributed by atoms with Crippen LogP contribution >= 0.6 is 23.2 Å². The molecule has 1 aliphatic rings. The third-order valence-electron chi connectivity index (χ3n) is 2.79. The molecule has 1 aliphatic heterocycles. The lowest BCUT2D eigenvalue weighted by molar-refractivity contribution is 0.109. The zero-order chi connectivity index (χ0) is 11.1. The second-order valence-corrected chi connectivity index (χ2v) is 4.63. The summed E-state index contributed by atoms with van der Waals surface area (Å²) in [5.74, 6) is 0. The van der Waals surface area contributed by atoms with Crippen molar-refractivity contribution in [3.8, 4) is 0 Å². The van der Waals surface area contributed by atoms with Crippen LogP contribution in [0.5, 0.6) is 0 Å². The van der Waals surface area contributed by atoms with Crippen molar-refractivity contribution in [2.24, 2.45) is 0 Å². The van der Waals surface area contributed by atoms with Crippen molar-refractivity contribution < 1.29 is 4.74 Å². The van der Waals surface area contributed by atoms with Crippen LogP contribution in [0.1, 0.15) is 11.3 Å². The Bertz CT molecular complexity index is 568. The second-order valence-electron chi connectivity index (χ2n) is 3.82. The molecule has 4 heteroatoms.